The largest absolute Gasteiger partial charge is 0.465 e. The van der Waals surface area contributed by atoms with Gasteiger partial charge in [-0.3, -0.25) is 4.79 Å². The molecule has 2 N–H and O–H groups in total. The zero-order valence-corrected chi connectivity index (χ0v) is 12.4. The van der Waals surface area contributed by atoms with E-state index in [2.05, 4.69) is 23.1 Å². The number of anilines is 2. The van der Waals surface area contributed by atoms with Crippen LogP contribution in [0.5, 0.6) is 0 Å². The van der Waals surface area contributed by atoms with E-state index in [1.165, 1.54) is 4.68 Å². The van der Waals surface area contributed by atoms with Gasteiger partial charge in [-0.25, -0.2) is 4.68 Å². The number of nitrogens with two attached hydrogens (primary N) is 1. The van der Waals surface area contributed by atoms with Gasteiger partial charge in [-0.1, -0.05) is 0 Å². The second-order valence-electron chi connectivity index (χ2n) is 4.95. The SMILES string of the molecule is CCOC(=O)Cn1nc(N2CCN(C)CC2)c(C#N)c1N. The van der Waals surface area contributed by atoms with Crippen molar-refractivity contribution in [3.05, 3.63) is 5.56 Å². The van der Waals surface area contributed by atoms with E-state index in [4.69, 9.17) is 10.5 Å². The van der Waals surface area contributed by atoms with Crippen LogP contribution in [0.25, 0.3) is 0 Å². The van der Waals surface area contributed by atoms with Gasteiger partial charge in [0.05, 0.1) is 6.61 Å². The number of nitrogen functional groups attached to an aromatic ring is 1. The Balaban J connectivity index is 2.22. The molecule has 0 radical (unpaired) electrons. The fraction of sp³-hybridized carbons (Fsp3) is 0.615. The van der Waals surface area contributed by atoms with Crippen molar-refractivity contribution < 1.29 is 9.53 Å². The number of nitrogens with zero attached hydrogens (tertiary/aromatic N) is 5. The van der Waals surface area contributed by atoms with Crippen LogP contribution in [0.2, 0.25) is 0 Å². The minimum Gasteiger partial charge on any atom is -0.465 e. The molecule has 1 aromatic rings. The summed E-state index contributed by atoms with van der Waals surface area (Å²) in [5.74, 6) is 0.341. The second kappa shape index (κ2) is 6.45. The van der Waals surface area contributed by atoms with Crippen molar-refractivity contribution in [1.82, 2.24) is 14.7 Å². The Morgan fingerprint density at radius 3 is 2.67 bits per heavy atom. The summed E-state index contributed by atoms with van der Waals surface area (Å²) in [6, 6.07) is 2.08. The maximum atomic E-state index is 11.6. The van der Waals surface area contributed by atoms with Crippen LogP contribution in [-0.4, -0.2) is 60.5 Å². The molecule has 0 saturated carbocycles. The topological polar surface area (TPSA) is 100 Å². The number of esters is 1. The fourth-order valence-corrected chi connectivity index (χ4v) is 2.26. The van der Waals surface area contributed by atoms with Gasteiger partial charge in [0.25, 0.3) is 0 Å². The first-order chi connectivity index (χ1) is 10.1. The van der Waals surface area contributed by atoms with E-state index >= 15 is 0 Å². The maximum Gasteiger partial charge on any atom is 0.327 e. The summed E-state index contributed by atoms with van der Waals surface area (Å²) in [6.07, 6.45) is 0. The van der Waals surface area contributed by atoms with Crippen LogP contribution in [0.15, 0.2) is 0 Å². The first-order valence-electron chi connectivity index (χ1n) is 6.92. The lowest BCUT2D eigenvalue weighted by Crippen LogP contribution is -2.45. The first-order valence-corrected chi connectivity index (χ1v) is 6.92. The van der Waals surface area contributed by atoms with E-state index in [-0.39, 0.29) is 12.4 Å². The van der Waals surface area contributed by atoms with Gasteiger partial charge in [0.15, 0.2) is 5.82 Å². The number of hydrogen-bond donors (Lipinski definition) is 1. The second-order valence-corrected chi connectivity index (χ2v) is 4.95. The van der Waals surface area contributed by atoms with Crippen molar-refractivity contribution in [3.63, 3.8) is 0 Å². The number of rotatable bonds is 4. The van der Waals surface area contributed by atoms with E-state index in [9.17, 15) is 10.1 Å². The minimum atomic E-state index is -0.416. The third-order valence-corrected chi connectivity index (χ3v) is 3.47. The molecule has 114 valence electrons. The summed E-state index contributed by atoms with van der Waals surface area (Å²) in [5.41, 5.74) is 6.25. The smallest absolute Gasteiger partial charge is 0.327 e. The van der Waals surface area contributed by atoms with Crippen molar-refractivity contribution in [2.45, 2.75) is 13.5 Å². The average Bonchev–Trinajstić information content (AvgIpc) is 2.76. The molecule has 1 aromatic heterocycles. The van der Waals surface area contributed by atoms with Gasteiger partial charge in [-0.05, 0) is 14.0 Å². The van der Waals surface area contributed by atoms with Gasteiger partial charge < -0.3 is 20.3 Å². The number of nitriles is 1. The maximum absolute atomic E-state index is 11.6. The van der Waals surface area contributed by atoms with Gasteiger partial charge in [-0.2, -0.15) is 10.4 Å². The van der Waals surface area contributed by atoms with Crippen LogP contribution >= 0.6 is 0 Å². The first kappa shape index (κ1) is 15.1. The van der Waals surface area contributed by atoms with Gasteiger partial charge in [0.1, 0.15) is 24.0 Å². The molecule has 0 atom stereocenters. The zero-order valence-electron chi connectivity index (χ0n) is 12.4. The molecule has 1 saturated heterocycles. The number of carbonyl (C=O) groups is 1. The van der Waals surface area contributed by atoms with Gasteiger partial charge in [0.2, 0.25) is 0 Å². The van der Waals surface area contributed by atoms with Gasteiger partial charge in [-0.15, -0.1) is 0 Å². The summed E-state index contributed by atoms with van der Waals surface area (Å²) in [4.78, 5) is 15.8. The highest BCUT2D eigenvalue weighted by molar-refractivity contribution is 5.72. The Bertz CT molecular complexity index is 554. The number of ether oxygens (including phenoxy) is 1. The molecular weight excluding hydrogens is 272 g/mol. The Hall–Kier alpha value is -2.27. The highest BCUT2D eigenvalue weighted by Crippen LogP contribution is 2.25. The highest BCUT2D eigenvalue weighted by atomic mass is 16.5. The van der Waals surface area contributed by atoms with E-state index in [0.717, 1.165) is 26.2 Å². The fourth-order valence-electron chi connectivity index (χ4n) is 2.26. The molecule has 0 aromatic carbocycles. The predicted octanol–water partition coefficient (Wildman–Crippen LogP) is -0.348. The molecule has 2 rings (SSSR count). The minimum absolute atomic E-state index is 0.0813. The molecule has 0 amide bonds. The van der Waals surface area contributed by atoms with Crippen LogP contribution in [0.4, 0.5) is 11.6 Å². The molecular formula is C13H20N6O2. The molecule has 0 aliphatic carbocycles. The van der Waals surface area contributed by atoms with Crippen molar-refractivity contribution >= 4 is 17.6 Å². The third-order valence-electron chi connectivity index (χ3n) is 3.47. The monoisotopic (exact) mass is 292 g/mol. The molecule has 1 fully saturated rings. The number of aromatic nitrogens is 2. The summed E-state index contributed by atoms with van der Waals surface area (Å²) < 4.78 is 6.22. The van der Waals surface area contributed by atoms with Gasteiger partial charge in [0, 0.05) is 26.2 Å². The third kappa shape index (κ3) is 3.25. The molecule has 0 bridgehead atoms. The summed E-state index contributed by atoms with van der Waals surface area (Å²) in [7, 11) is 2.05. The predicted molar refractivity (Wildman–Crippen MR) is 77.7 cm³/mol. The number of piperazine rings is 1. The van der Waals surface area contributed by atoms with E-state index in [1.54, 1.807) is 6.92 Å². The van der Waals surface area contributed by atoms with Crippen molar-refractivity contribution in [3.8, 4) is 6.07 Å². The number of likely N-dealkylation sites (N-methyl/N-ethyl adjacent to an activating group) is 1. The quantitative estimate of drug-likeness (QED) is 0.757. The molecule has 0 unspecified atom stereocenters. The Kier molecular flexibility index (Phi) is 4.65. The molecule has 0 spiro atoms. The van der Waals surface area contributed by atoms with Crippen LogP contribution in [-0.2, 0) is 16.1 Å². The molecule has 21 heavy (non-hydrogen) atoms. The number of hydrogen-bond acceptors (Lipinski definition) is 7. The van der Waals surface area contributed by atoms with E-state index < -0.39 is 5.97 Å². The summed E-state index contributed by atoms with van der Waals surface area (Å²) >= 11 is 0. The van der Waals surface area contributed by atoms with E-state index in [1.807, 2.05) is 4.90 Å². The van der Waals surface area contributed by atoms with Crippen molar-refractivity contribution in [1.29, 1.82) is 5.26 Å². The lowest BCUT2D eigenvalue weighted by molar-refractivity contribution is -0.143. The molecule has 8 heteroatoms. The van der Waals surface area contributed by atoms with Crippen LogP contribution in [0, 0.1) is 11.3 Å². The number of carbonyl (C=O) groups excluding carboxylic acids is 1. The van der Waals surface area contributed by atoms with Crippen LogP contribution < -0.4 is 10.6 Å². The molecule has 1 aliphatic heterocycles. The Labute approximate surface area is 123 Å². The lowest BCUT2D eigenvalue weighted by Gasteiger charge is -2.32. The van der Waals surface area contributed by atoms with Crippen molar-refractivity contribution in [2.75, 3.05) is 50.5 Å². The zero-order chi connectivity index (χ0) is 15.4. The van der Waals surface area contributed by atoms with Crippen LogP contribution in [0.1, 0.15) is 12.5 Å². The van der Waals surface area contributed by atoms with Crippen LogP contribution in [0.3, 0.4) is 0 Å². The lowest BCUT2D eigenvalue weighted by atomic mass is 10.2. The molecule has 2 heterocycles. The Morgan fingerprint density at radius 1 is 1.43 bits per heavy atom. The summed E-state index contributed by atoms with van der Waals surface area (Å²) in [6.45, 7) is 5.31. The van der Waals surface area contributed by atoms with E-state index in [0.29, 0.717) is 18.0 Å². The average molecular weight is 292 g/mol. The van der Waals surface area contributed by atoms with Crippen molar-refractivity contribution in [2.24, 2.45) is 0 Å². The highest BCUT2D eigenvalue weighted by Gasteiger charge is 2.24. The molecule has 8 nitrogen and oxygen atoms in total. The molecule has 1 aliphatic rings. The summed E-state index contributed by atoms with van der Waals surface area (Å²) in [5, 5.41) is 13.6. The normalized spacial score (nSPS) is 15.8. The van der Waals surface area contributed by atoms with Gasteiger partial charge >= 0.3 is 5.97 Å². The Morgan fingerprint density at radius 2 is 2.10 bits per heavy atom. The standard InChI is InChI=1S/C13H20N6O2/c1-3-21-11(20)9-19-12(15)10(8-14)13(16-19)18-6-4-17(2)5-7-18/h3-7,9,15H2,1-2H3.